The summed E-state index contributed by atoms with van der Waals surface area (Å²) in [6.45, 7) is 1.90. The highest BCUT2D eigenvalue weighted by Crippen LogP contribution is 2.13. The van der Waals surface area contributed by atoms with Crippen molar-refractivity contribution >= 4 is 17.6 Å². The molecule has 0 aromatic heterocycles. The summed E-state index contributed by atoms with van der Waals surface area (Å²) < 4.78 is 0. The van der Waals surface area contributed by atoms with Crippen LogP contribution in [0.1, 0.15) is 30.1 Å². The number of carboxylic acids is 1. The van der Waals surface area contributed by atoms with Gasteiger partial charge in [-0.25, -0.2) is 4.79 Å². The van der Waals surface area contributed by atoms with E-state index >= 15 is 0 Å². The first kappa shape index (κ1) is 13.7. The molecule has 1 atom stereocenters. The summed E-state index contributed by atoms with van der Waals surface area (Å²) in [6, 6.07) is 7.75. The fourth-order valence-electron chi connectivity index (χ4n) is 1.47. The van der Waals surface area contributed by atoms with Crippen LogP contribution in [0.25, 0.3) is 0 Å². The van der Waals surface area contributed by atoms with Crippen molar-refractivity contribution in [3.8, 4) is 6.07 Å². The molecule has 1 amide bonds. The second-order valence-corrected chi connectivity index (χ2v) is 3.84. The predicted octanol–water partition coefficient (Wildman–Crippen LogP) is 2.26. The Labute approximate surface area is 105 Å². The van der Waals surface area contributed by atoms with E-state index in [9.17, 15) is 9.59 Å². The molecule has 0 spiro atoms. The molecule has 0 aliphatic carbocycles. The van der Waals surface area contributed by atoms with E-state index in [1.165, 1.54) is 24.3 Å². The molecular weight excluding hydrogens is 232 g/mol. The standard InChI is InChI=1S/C13H14N2O3/c1-2-3-10(8-14)12(16)15-11-6-4-9(5-7-11)13(17)18/h4-7,10H,2-3H2,1H3,(H,15,16)(H,17,18). The zero-order valence-corrected chi connectivity index (χ0v) is 10.0. The van der Waals surface area contributed by atoms with Crippen LogP contribution in [0.2, 0.25) is 0 Å². The van der Waals surface area contributed by atoms with Crippen molar-refractivity contribution in [3.63, 3.8) is 0 Å². The van der Waals surface area contributed by atoms with Gasteiger partial charge in [0, 0.05) is 5.69 Å². The van der Waals surface area contributed by atoms with Gasteiger partial charge in [0.15, 0.2) is 0 Å². The summed E-state index contributed by atoms with van der Waals surface area (Å²) in [5.41, 5.74) is 0.639. The van der Waals surface area contributed by atoms with Crippen LogP contribution in [-0.4, -0.2) is 17.0 Å². The fourth-order valence-corrected chi connectivity index (χ4v) is 1.47. The molecule has 1 rings (SSSR count). The second kappa shape index (κ2) is 6.40. The maximum absolute atomic E-state index is 11.7. The Morgan fingerprint density at radius 3 is 2.44 bits per heavy atom. The molecule has 2 N–H and O–H groups in total. The van der Waals surface area contributed by atoms with Crippen molar-refractivity contribution in [2.45, 2.75) is 19.8 Å². The minimum absolute atomic E-state index is 0.151. The Morgan fingerprint density at radius 2 is 2.00 bits per heavy atom. The number of nitrogens with zero attached hydrogens (tertiary/aromatic N) is 1. The number of nitrogens with one attached hydrogen (secondary N) is 1. The largest absolute Gasteiger partial charge is 0.478 e. The number of anilines is 1. The van der Waals surface area contributed by atoms with Gasteiger partial charge in [-0.05, 0) is 30.7 Å². The van der Waals surface area contributed by atoms with Gasteiger partial charge in [-0.3, -0.25) is 4.79 Å². The van der Waals surface area contributed by atoms with Gasteiger partial charge in [0.25, 0.3) is 0 Å². The molecule has 0 saturated carbocycles. The molecule has 0 saturated heterocycles. The highest BCUT2D eigenvalue weighted by atomic mass is 16.4. The number of benzene rings is 1. The number of nitriles is 1. The zero-order valence-electron chi connectivity index (χ0n) is 10.0. The molecule has 18 heavy (non-hydrogen) atoms. The van der Waals surface area contributed by atoms with Gasteiger partial charge in [0.05, 0.1) is 11.6 Å². The van der Waals surface area contributed by atoms with Crippen molar-refractivity contribution < 1.29 is 14.7 Å². The topological polar surface area (TPSA) is 90.2 Å². The van der Waals surface area contributed by atoms with Crippen molar-refractivity contribution in [2.24, 2.45) is 5.92 Å². The minimum atomic E-state index is -1.02. The number of rotatable bonds is 5. The number of hydrogen-bond donors (Lipinski definition) is 2. The van der Waals surface area contributed by atoms with Crippen LogP contribution in [0.4, 0.5) is 5.69 Å². The van der Waals surface area contributed by atoms with Gasteiger partial charge < -0.3 is 10.4 Å². The first-order valence-electron chi connectivity index (χ1n) is 5.62. The Bertz CT molecular complexity index is 474. The monoisotopic (exact) mass is 246 g/mol. The average molecular weight is 246 g/mol. The Hall–Kier alpha value is -2.35. The van der Waals surface area contributed by atoms with Crippen LogP contribution in [-0.2, 0) is 4.79 Å². The van der Waals surface area contributed by atoms with Gasteiger partial charge in [0.1, 0.15) is 5.92 Å². The van der Waals surface area contributed by atoms with E-state index in [4.69, 9.17) is 10.4 Å². The Morgan fingerprint density at radius 1 is 1.39 bits per heavy atom. The number of carboxylic acid groups (broad SMARTS) is 1. The van der Waals surface area contributed by atoms with E-state index in [0.29, 0.717) is 12.1 Å². The number of carbonyl (C=O) groups is 2. The molecule has 94 valence electrons. The van der Waals surface area contributed by atoms with Crippen LogP contribution >= 0.6 is 0 Å². The molecule has 1 aromatic rings. The Balaban J connectivity index is 2.70. The highest BCUT2D eigenvalue weighted by molar-refractivity contribution is 5.95. The van der Waals surface area contributed by atoms with E-state index < -0.39 is 11.9 Å². The molecule has 5 nitrogen and oxygen atoms in total. The molecule has 0 radical (unpaired) electrons. The van der Waals surface area contributed by atoms with E-state index in [1.54, 1.807) is 0 Å². The summed E-state index contributed by atoms with van der Waals surface area (Å²) in [5.74, 6) is -2.05. The van der Waals surface area contributed by atoms with Crippen LogP contribution in [0.5, 0.6) is 0 Å². The molecule has 0 fully saturated rings. The summed E-state index contributed by atoms with van der Waals surface area (Å²) in [6.07, 6.45) is 1.26. The molecule has 1 aromatic carbocycles. The number of aromatic carboxylic acids is 1. The van der Waals surface area contributed by atoms with Gasteiger partial charge in [-0.2, -0.15) is 5.26 Å². The SMILES string of the molecule is CCCC(C#N)C(=O)Nc1ccc(C(=O)O)cc1. The van der Waals surface area contributed by atoms with Crippen LogP contribution in [0.3, 0.4) is 0 Å². The average Bonchev–Trinajstić information content (AvgIpc) is 2.36. The van der Waals surface area contributed by atoms with E-state index in [2.05, 4.69) is 5.32 Å². The Kier molecular flexibility index (Phi) is 4.88. The number of carbonyl (C=O) groups excluding carboxylic acids is 1. The van der Waals surface area contributed by atoms with E-state index in [1.807, 2.05) is 13.0 Å². The maximum Gasteiger partial charge on any atom is 0.335 e. The molecular formula is C13H14N2O3. The minimum Gasteiger partial charge on any atom is -0.478 e. The van der Waals surface area contributed by atoms with E-state index in [-0.39, 0.29) is 11.5 Å². The lowest BCUT2D eigenvalue weighted by molar-refractivity contribution is -0.118. The van der Waals surface area contributed by atoms with Gasteiger partial charge in [0.2, 0.25) is 5.91 Å². The zero-order chi connectivity index (χ0) is 13.5. The normalized spacial score (nSPS) is 11.3. The van der Waals surface area contributed by atoms with Crippen LogP contribution in [0, 0.1) is 17.2 Å². The third-order valence-electron chi connectivity index (χ3n) is 2.45. The first-order valence-corrected chi connectivity index (χ1v) is 5.62. The lowest BCUT2D eigenvalue weighted by atomic mass is 10.0. The number of hydrogen-bond acceptors (Lipinski definition) is 3. The molecule has 5 heteroatoms. The highest BCUT2D eigenvalue weighted by Gasteiger charge is 2.16. The smallest absolute Gasteiger partial charge is 0.335 e. The lowest BCUT2D eigenvalue weighted by Gasteiger charge is -2.09. The quantitative estimate of drug-likeness (QED) is 0.833. The molecule has 0 heterocycles. The summed E-state index contributed by atoms with van der Waals surface area (Å²) >= 11 is 0. The van der Waals surface area contributed by atoms with Crippen molar-refractivity contribution in [2.75, 3.05) is 5.32 Å². The third kappa shape index (κ3) is 3.59. The third-order valence-corrected chi connectivity index (χ3v) is 2.45. The second-order valence-electron chi connectivity index (χ2n) is 3.84. The summed E-state index contributed by atoms with van der Waals surface area (Å²) in [5, 5.41) is 20.1. The van der Waals surface area contributed by atoms with Gasteiger partial charge in [-0.15, -0.1) is 0 Å². The van der Waals surface area contributed by atoms with Gasteiger partial charge >= 0.3 is 5.97 Å². The van der Waals surface area contributed by atoms with Crippen LogP contribution < -0.4 is 5.32 Å². The first-order chi connectivity index (χ1) is 8.58. The van der Waals surface area contributed by atoms with Gasteiger partial charge in [-0.1, -0.05) is 13.3 Å². The maximum atomic E-state index is 11.7. The fraction of sp³-hybridized carbons (Fsp3) is 0.308. The summed E-state index contributed by atoms with van der Waals surface area (Å²) in [4.78, 5) is 22.3. The predicted molar refractivity (Wildman–Crippen MR) is 66.0 cm³/mol. The number of amides is 1. The summed E-state index contributed by atoms with van der Waals surface area (Å²) in [7, 11) is 0. The van der Waals surface area contributed by atoms with Crippen molar-refractivity contribution in [1.29, 1.82) is 5.26 Å². The molecule has 0 aliphatic rings. The van der Waals surface area contributed by atoms with Crippen molar-refractivity contribution in [3.05, 3.63) is 29.8 Å². The van der Waals surface area contributed by atoms with E-state index in [0.717, 1.165) is 6.42 Å². The molecule has 0 aliphatic heterocycles. The lowest BCUT2D eigenvalue weighted by Crippen LogP contribution is -2.21. The molecule has 0 bridgehead atoms. The van der Waals surface area contributed by atoms with Crippen molar-refractivity contribution in [1.82, 2.24) is 0 Å². The molecule has 1 unspecified atom stereocenters. The van der Waals surface area contributed by atoms with Crippen LogP contribution in [0.15, 0.2) is 24.3 Å².